The van der Waals surface area contributed by atoms with E-state index >= 15 is 0 Å². The van der Waals surface area contributed by atoms with Crippen LogP contribution in [0, 0.1) is 16.0 Å². The maximum atomic E-state index is 11.6. The molecule has 5 heteroatoms. The van der Waals surface area contributed by atoms with Gasteiger partial charge in [-0.15, -0.1) is 0 Å². The largest absolute Gasteiger partial charge is 0.466 e. The first kappa shape index (κ1) is 12.7. The highest BCUT2D eigenvalue weighted by Crippen LogP contribution is 2.31. The van der Waals surface area contributed by atoms with Gasteiger partial charge in [0, 0.05) is 11.3 Å². The summed E-state index contributed by atoms with van der Waals surface area (Å²) in [6, 6.07) is -0.831. The van der Waals surface area contributed by atoms with Gasteiger partial charge < -0.3 is 4.74 Å². The third-order valence-corrected chi connectivity index (χ3v) is 3.09. The standard InChI is InChI=1S/C11H17NO4/c1-4-16-11(13)9-5-7(2)8(3)6-10(9)12(14)15/h9-10H,4-6H2,1-3H3. The van der Waals surface area contributed by atoms with Gasteiger partial charge in [0.2, 0.25) is 6.04 Å². The average Bonchev–Trinajstić information content (AvgIpc) is 2.21. The molecule has 90 valence electrons. The fourth-order valence-electron chi connectivity index (χ4n) is 1.98. The van der Waals surface area contributed by atoms with E-state index in [1.165, 1.54) is 0 Å². The van der Waals surface area contributed by atoms with Crippen LogP contribution in [0.25, 0.3) is 0 Å². The third kappa shape index (κ3) is 2.59. The fraction of sp³-hybridized carbons (Fsp3) is 0.727. The van der Waals surface area contributed by atoms with Crippen molar-refractivity contribution in [2.45, 2.75) is 39.7 Å². The summed E-state index contributed by atoms with van der Waals surface area (Å²) in [6.45, 7) is 5.77. The van der Waals surface area contributed by atoms with Crippen LogP contribution in [0.5, 0.6) is 0 Å². The quantitative estimate of drug-likeness (QED) is 0.320. The molecule has 0 spiro atoms. The molecule has 1 aliphatic rings. The SMILES string of the molecule is CCOC(=O)C1CC(C)=C(C)CC1[N+](=O)[O-]. The molecule has 0 saturated carbocycles. The average molecular weight is 227 g/mol. The predicted molar refractivity (Wildman–Crippen MR) is 58.5 cm³/mol. The lowest BCUT2D eigenvalue weighted by molar-refractivity contribution is -0.530. The molecule has 1 rings (SSSR count). The Bertz CT molecular complexity index is 335. The molecule has 0 N–H and O–H groups in total. The molecule has 0 bridgehead atoms. The number of nitrogens with zero attached hydrogens (tertiary/aromatic N) is 1. The van der Waals surface area contributed by atoms with Gasteiger partial charge in [0.1, 0.15) is 5.92 Å². The number of allylic oxidation sites excluding steroid dienone is 1. The van der Waals surface area contributed by atoms with Crippen LogP contribution in [0.2, 0.25) is 0 Å². The smallest absolute Gasteiger partial charge is 0.316 e. The summed E-state index contributed by atoms with van der Waals surface area (Å²) < 4.78 is 4.88. The number of carbonyl (C=O) groups is 1. The predicted octanol–water partition coefficient (Wildman–Crippen LogP) is 1.94. The molecule has 0 fully saturated rings. The van der Waals surface area contributed by atoms with Crippen molar-refractivity contribution in [2.24, 2.45) is 5.92 Å². The lowest BCUT2D eigenvalue weighted by atomic mass is 9.81. The number of ether oxygens (including phenoxy) is 1. The van der Waals surface area contributed by atoms with Crippen molar-refractivity contribution in [3.63, 3.8) is 0 Å². The zero-order valence-corrected chi connectivity index (χ0v) is 9.86. The van der Waals surface area contributed by atoms with E-state index in [0.29, 0.717) is 12.8 Å². The van der Waals surface area contributed by atoms with Crippen LogP contribution >= 0.6 is 0 Å². The van der Waals surface area contributed by atoms with Crippen molar-refractivity contribution < 1.29 is 14.5 Å². The molecule has 0 saturated heterocycles. The molecule has 0 amide bonds. The van der Waals surface area contributed by atoms with Crippen LogP contribution in [-0.4, -0.2) is 23.5 Å². The van der Waals surface area contributed by atoms with E-state index in [9.17, 15) is 14.9 Å². The molecule has 0 radical (unpaired) electrons. The minimum atomic E-state index is -0.831. The van der Waals surface area contributed by atoms with Crippen LogP contribution < -0.4 is 0 Å². The Kier molecular flexibility index (Phi) is 4.04. The highest BCUT2D eigenvalue weighted by Gasteiger charge is 2.41. The summed E-state index contributed by atoms with van der Waals surface area (Å²) in [5.74, 6) is -1.07. The van der Waals surface area contributed by atoms with Gasteiger partial charge in [-0.1, -0.05) is 11.1 Å². The molecule has 2 unspecified atom stereocenters. The minimum absolute atomic E-state index is 0.265. The molecular formula is C11H17NO4. The van der Waals surface area contributed by atoms with E-state index < -0.39 is 17.9 Å². The van der Waals surface area contributed by atoms with E-state index in [0.717, 1.165) is 11.1 Å². The van der Waals surface area contributed by atoms with Gasteiger partial charge in [0.15, 0.2) is 0 Å². The number of hydrogen-bond acceptors (Lipinski definition) is 4. The minimum Gasteiger partial charge on any atom is -0.466 e. The number of rotatable bonds is 3. The number of esters is 1. The van der Waals surface area contributed by atoms with Gasteiger partial charge in [-0.3, -0.25) is 14.9 Å². The first-order valence-electron chi connectivity index (χ1n) is 5.42. The summed E-state index contributed by atoms with van der Waals surface area (Å²) in [5.41, 5.74) is 2.08. The second kappa shape index (κ2) is 5.09. The first-order chi connectivity index (χ1) is 7.47. The Labute approximate surface area is 94.6 Å². The van der Waals surface area contributed by atoms with Crippen molar-refractivity contribution >= 4 is 5.97 Å². The van der Waals surface area contributed by atoms with Gasteiger partial charge in [0.05, 0.1) is 6.61 Å². The van der Waals surface area contributed by atoms with E-state index in [1.807, 2.05) is 13.8 Å². The molecular weight excluding hydrogens is 210 g/mol. The number of nitro groups is 1. The molecule has 5 nitrogen and oxygen atoms in total. The molecule has 16 heavy (non-hydrogen) atoms. The lowest BCUT2D eigenvalue weighted by Gasteiger charge is -2.25. The van der Waals surface area contributed by atoms with Gasteiger partial charge in [-0.05, 0) is 27.2 Å². The van der Waals surface area contributed by atoms with Crippen LogP contribution in [0.3, 0.4) is 0 Å². The zero-order valence-electron chi connectivity index (χ0n) is 9.86. The van der Waals surface area contributed by atoms with Crippen molar-refractivity contribution in [1.29, 1.82) is 0 Å². The summed E-state index contributed by atoms with van der Waals surface area (Å²) in [7, 11) is 0. The molecule has 0 aromatic heterocycles. The first-order valence-corrected chi connectivity index (χ1v) is 5.42. The van der Waals surface area contributed by atoms with E-state index in [4.69, 9.17) is 4.74 Å². The second-order valence-electron chi connectivity index (χ2n) is 4.18. The topological polar surface area (TPSA) is 69.4 Å². The second-order valence-corrected chi connectivity index (χ2v) is 4.18. The number of carbonyl (C=O) groups excluding carboxylic acids is 1. The molecule has 0 heterocycles. The number of hydrogen-bond donors (Lipinski definition) is 0. The molecule has 2 atom stereocenters. The summed E-state index contributed by atoms with van der Waals surface area (Å²) in [5, 5.41) is 10.9. The highest BCUT2D eigenvalue weighted by atomic mass is 16.6. The highest BCUT2D eigenvalue weighted by molar-refractivity contribution is 5.74. The van der Waals surface area contributed by atoms with E-state index in [2.05, 4.69) is 0 Å². The van der Waals surface area contributed by atoms with E-state index in [-0.39, 0.29) is 11.5 Å². The molecule has 0 aromatic rings. The summed E-state index contributed by atoms with van der Waals surface area (Å²) >= 11 is 0. The Morgan fingerprint density at radius 1 is 1.44 bits per heavy atom. The van der Waals surface area contributed by atoms with E-state index in [1.54, 1.807) is 6.92 Å². The van der Waals surface area contributed by atoms with Crippen LogP contribution in [0.15, 0.2) is 11.1 Å². The monoisotopic (exact) mass is 227 g/mol. The summed E-state index contributed by atoms with van der Waals surface area (Å²) in [4.78, 5) is 22.2. The Hall–Kier alpha value is -1.39. The van der Waals surface area contributed by atoms with Crippen LogP contribution in [0.1, 0.15) is 33.6 Å². The van der Waals surface area contributed by atoms with Crippen molar-refractivity contribution in [3.8, 4) is 0 Å². The maximum absolute atomic E-state index is 11.6. The zero-order chi connectivity index (χ0) is 12.3. The van der Waals surface area contributed by atoms with Crippen molar-refractivity contribution in [2.75, 3.05) is 6.61 Å². The van der Waals surface area contributed by atoms with Crippen LogP contribution in [-0.2, 0) is 9.53 Å². The fourth-order valence-corrected chi connectivity index (χ4v) is 1.98. The third-order valence-electron chi connectivity index (χ3n) is 3.09. The normalized spacial score (nSPS) is 25.4. The van der Waals surface area contributed by atoms with Gasteiger partial charge in [-0.2, -0.15) is 0 Å². The van der Waals surface area contributed by atoms with Gasteiger partial charge in [0.25, 0.3) is 0 Å². The Balaban J connectivity index is 2.88. The Morgan fingerprint density at radius 2 is 2.00 bits per heavy atom. The van der Waals surface area contributed by atoms with Crippen molar-refractivity contribution in [1.82, 2.24) is 0 Å². The molecule has 1 aliphatic carbocycles. The summed E-state index contributed by atoms with van der Waals surface area (Å²) in [6.07, 6.45) is 0.790. The van der Waals surface area contributed by atoms with Gasteiger partial charge in [-0.25, -0.2) is 0 Å². The van der Waals surface area contributed by atoms with Crippen molar-refractivity contribution in [3.05, 3.63) is 21.3 Å². The molecule has 0 aliphatic heterocycles. The lowest BCUT2D eigenvalue weighted by Crippen LogP contribution is -2.38. The maximum Gasteiger partial charge on any atom is 0.316 e. The van der Waals surface area contributed by atoms with Gasteiger partial charge >= 0.3 is 5.97 Å². The molecule has 0 aromatic carbocycles. The van der Waals surface area contributed by atoms with Crippen LogP contribution in [0.4, 0.5) is 0 Å². The Morgan fingerprint density at radius 3 is 2.50 bits per heavy atom.